The predicted molar refractivity (Wildman–Crippen MR) is 73.6 cm³/mol. The van der Waals surface area contributed by atoms with Gasteiger partial charge in [0.05, 0.1) is 5.56 Å². The van der Waals surface area contributed by atoms with E-state index in [-0.39, 0.29) is 6.04 Å². The maximum absolute atomic E-state index is 11.2. The Morgan fingerprint density at radius 2 is 2.12 bits per heavy atom. The van der Waals surface area contributed by atoms with E-state index < -0.39 is 5.97 Å². The standard InChI is InChI=1S/C13H18BrNO2/c1-4-11(8(2)3)15-12-6-5-9(14)7-10(12)13(16)17/h5-8,11,15H,4H2,1-3H3,(H,16,17). The van der Waals surface area contributed by atoms with Crippen molar-refractivity contribution in [1.82, 2.24) is 0 Å². The molecule has 0 spiro atoms. The molecule has 3 nitrogen and oxygen atoms in total. The topological polar surface area (TPSA) is 49.3 Å². The van der Waals surface area contributed by atoms with Gasteiger partial charge in [-0.2, -0.15) is 0 Å². The van der Waals surface area contributed by atoms with Gasteiger partial charge in [0.15, 0.2) is 0 Å². The second-order valence-corrected chi connectivity index (χ2v) is 5.31. The van der Waals surface area contributed by atoms with Crippen LogP contribution in [0.15, 0.2) is 22.7 Å². The molecule has 0 aromatic heterocycles. The number of carbonyl (C=O) groups is 1. The molecule has 1 rings (SSSR count). The summed E-state index contributed by atoms with van der Waals surface area (Å²) in [4.78, 5) is 11.2. The highest BCUT2D eigenvalue weighted by molar-refractivity contribution is 9.10. The van der Waals surface area contributed by atoms with Crippen LogP contribution in [0.3, 0.4) is 0 Å². The zero-order valence-corrected chi connectivity index (χ0v) is 11.9. The highest BCUT2D eigenvalue weighted by Crippen LogP contribution is 2.23. The van der Waals surface area contributed by atoms with Gasteiger partial charge in [0, 0.05) is 16.2 Å². The van der Waals surface area contributed by atoms with Gasteiger partial charge in [-0.25, -0.2) is 4.79 Å². The van der Waals surface area contributed by atoms with Crippen LogP contribution in [-0.4, -0.2) is 17.1 Å². The van der Waals surface area contributed by atoms with Crippen LogP contribution in [-0.2, 0) is 0 Å². The summed E-state index contributed by atoms with van der Waals surface area (Å²) in [6.07, 6.45) is 0.965. The molecule has 0 saturated carbocycles. The summed E-state index contributed by atoms with van der Waals surface area (Å²) in [5, 5.41) is 12.5. The second kappa shape index (κ2) is 6.05. The number of carboxylic acids is 1. The van der Waals surface area contributed by atoms with E-state index in [1.807, 2.05) is 6.07 Å². The van der Waals surface area contributed by atoms with Gasteiger partial charge in [-0.15, -0.1) is 0 Å². The second-order valence-electron chi connectivity index (χ2n) is 4.40. The van der Waals surface area contributed by atoms with Crippen LogP contribution < -0.4 is 5.32 Å². The first kappa shape index (κ1) is 14.0. The van der Waals surface area contributed by atoms with Crippen LogP contribution in [0.1, 0.15) is 37.6 Å². The van der Waals surface area contributed by atoms with Gasteiger partial charge in [-0.1, -0.05) is 36.7 Å². The lowest BCUT2D eigenvalue weighted by Gasteiger charge is -2.23. The van der Waals surface area contributed by atoms with Crippen molar-refractivity contribution in [3.8, 4) is 0 Å². The maximum Gasteiger partial charge on any atom is 0.337 e. The van der Waals surface area contributed by atoms with Gasteiger partial charge in [0.1, 0.15) is 0 Å². The summed E-state index contributed by atoms with van der Waals surface area (Å²) >= 11 is 3.29. The monoisotopic (exact) mass is 299 g/mol. The number of nitrogens with one attached hydrogen (secondary N) is 1. The molecular formula is C13H18BrNO2. The molecule has 1 atom stereocenters. The van der Waals surface area contributed by atoms with Gasteiger partial charge in [0.2, 0.25) is 0 Å². The van der Waals surface area contributed by atoms with Crippen molar-refractivity contribution in [3.05, 3.63) is 28.2 Å². The number of hydrogen-bond acceptors (Lipinski definition) is 2. The Hall–Kier alpha value is -1.03. The fourth-order valence-electron chi connectivity index (χ4n) is 1.76. The lowest BCUT2D eigenvalue weighted by atomic mass is 10.0. The van der Waals surface area contributed by atoms with E-state index in [0.29, 0.717) is 17.2 Å². The minimum atomic E-state index is -0.910. The zero-order valence-electron chi connectivity index (χ0n) is 10.3. The van der Waals surface area contributed by atoms with E-state index >= 15 is 0 Å². The van der Waals surface area contributed by atoms with Gasteiger partial charge < -0.3 is 10.4 Å². The Labute approximate surface area is 110 Å². The van der Waals surface area contributed by atoms with Crippen LogP contribution in [0.25, 0.3) is 0 Å². The Morgan fingerprint density at radius 3 is 2.59 bits per heavy atom. The van der Waals surface area contributed by atoms with Gasteiger partial charge in [-0.05, 0) is 30.5 Å². The van der Waals surface area contributed by atoms with E-state index in [0.717, 1.165) is 10.9 Å². The average molecular weight is 300 g/mol. The predicted octanol–water partition coefficient (Wildman–Crippen LogP) is 3.99. The molecule has 0 amide bonds. The van der Waals surface area contributed by atoms with Gasteiger partial charge in [0.25, 0.3) is 0 Å². The Kier molecular flexibility index (Phi) is 5.00. The number of hydrogen-bond donors (Lipinski definition) is 2. The molecule has 1 unspecified atom stereocenters. The molecule has 4 heteroatoms. The Bertz CT molecular complexity index is 404. The Balaban J connectivity index is 3.01. The van der Waals surface area contributed by atoms with Crippen LogP contribution in [0.4, 0.5) is 5.69 Å². The molecule has 0 heterocycles. The van der Waals surface area contributed by atoms with Crippen LogP contribution in [0, 0.1) is 5.92 Å². The van der Waals surface area contributed by atoms with E-state index in [9.17, 15) is 4.79 Å². The molecule has 2 N–H and O–H groups in total. The number of anilines is 1. The molecule has 0 radical (unpaired) electrons. The van der Waals surface area contributed by atoms with Crippen molar-refractivity contribution < 1.29 is 9.90 Å². The number of aromatic carboxylic acids is 1. The number of rotatable bonds is 5. The first-order valence-corrected chi connectivity index (χ1v) is 6.54. The maximum atomic E-state index is 11.2. The summed E-state index contributed by atoms with van der Waals surface area (Å²) in [6.45, 7) is 6.35. The fourth-order valence-corrected chi connectivity index (χ4v) is 2.12. The third kappa shape index (κ3) is 3.73. The third-order valence-corrected chi connectivity index (χ3v) is 3.29. The van der Waals surface area contributed by atoms with Crippen LogP contribution in [0.5, 0.6) is 0 Å². The summed E-state index contributed by atoms with van der Waals surface area (Å²) in [7, 11) is 0. The van der Waals surface area contributed by atoms with E-state index in [1.165, 1.54) is 0 Å². The molecule has 0 bridgehead atoms. The summed E-state index contributed by atoms with van der Waals surface area (Å²) in [5.41, 5.74) is 0.986. The minimum Gasteiger partial charge on any atom is -0.478 e. The van der Waals surface area contributed by atoms with E-state index in [1.54, 1.807) is 12.1 Å². The van der Waals surface area contributed by atoms with Crippen molar-refractivity contribution in [1.29, 1.82) is 0 Å². The van der Waals surface area contributed by atoms with Crippen molar-refractivity contribution in [3.63, 3.8) is 0 Å². The lowest BCUT2D eigenvalue weighted by Crippen LogP contribution is -2.25. The summed E-state index contributed by atoms with van der Waals surface area (Å²) < 4.78 is 0.776. The highest BCUT2D eigenvalue weighted by atomic mass is 79.9. The van der Waals surface area contributed by atoms with Crippen molar-refractivity contribution in [2.24, 2.45) is 5.92 Å². The first-order valence-electron chi connectivity index (χ1n) is 5.75. The number of carboxylic acid groups (broad SMARTS) is 1. The largest absolute Gasteiger partial charge is 0.478 e. The highest BCUT2D eigenvalue weighted by Gasteiger charge is 2.15. The lowest BCUT2D eigenvalue weighted by molar-refractivity contribution is 0.0697. The van der Waals surface area contributed by atoms with E-state index in [2.05, 4.69) is 42.0 Å². The minimum absolute atomic E-state index is 0.286. The van der Waals surface area contributed by atoms with Crippen molar-refractivity contribution in [2.45, 2.75) is 33.2 Å². The quantitative estimate of drug-likeness (QED) is 0.864. The summed E-state index contributed by atoms with van der Waals surface area (Å²) in [5.74, 6) is -0.447. The van der Waals surface area contributed by atoms with Gasteiger partial charge >= 0.3 is 5.97 Å². The zero-order chi connectivity index (χ0) is 13.0. The molecule has 94 valence electrons. The average Bonchev–Trinajstić information content (AvgIpc) is 2.26. The molecule has 1 aromatic rings. The fraction of sp³-hybridized carbons (Fsp3) is 0.462. The molecule has 0 aliphatic carbocycles. The van der Waals surface area contributed by atoms with Crippen molar-refractivity contribution >= 4 is 27.6 Å². The van der Waals surface area contributed by atoms with Crippen molar-refractivity contribution in [2.75, 3.05) is 5.32 Å². The molecular weight excluding hydrogens is 282 g/mol. The van der Waals surface area contributed by atoms with Crippen LogP contribution >= 0.6 is 15.9 Å². The number of halogens is 1. The third-order valence-electron chi connectivity index (χ3n) is 2.80. The molecule has 0 saturated heterocycles. The Morgan fingerprint density at radius 1 is 1.47 bits per heavy atom. The number of benzene rings is 1. The normalized spacial score (nSPS) is 12.5. The molecule has 0 aliphatic heterocycles. The molecule has 0 aliphatic rings. The molecule has 17 heavy (non-hydrogen) atoms. The van der Waals surface area contributed by atoms with Gasteiger partial charge in [-0.3, -0.25) is 0 Å². The smallest absolute Gasteiger partial charge is 0.337 e. The van der Waals surface area contributed by atoms with Crippen LogP contribution in [0.2, 0.25) is 0 Å². The summed E-state index contributed by atoms with van der Waals surface area (Å²) in [6, 6.07) is 5.56. The SMILES string of the molecule is CCC(Nc1ccc(Br)cc1C(=O)O)C(C)C. The molecule has 0 fully saturated rings. The molecule has 1 aromatic carbocycles. The van der Waals surface area contributed by atoms with E-state index in [4.69, 9.17) is 5.11 Å². The first-order chi connectivity index (χ1) is 7.95.